The number of hydrogen-bond acceptors (Lipinski definition) is 2. The Morgan fingerprint density at radius 3 is 2.77 bits per heavy atom. The standard InChI is InChI=1S/C11H16O2/c1-7-4-9-5-8(7)6-11(9)2-3-13-10(11)12/h7-9H,2-6H2,1H3/t7-,8?,9?,11?/m1/s1. The van der Waals surface area contributed by atoms with Crippen LogP contribution in [0, 0.1) is 23.2 Å². The fraction of sp³-hybridized carbons (Fsp3) is 0.909. The Hall–Kier alpha value is -0.530. The summed E-state index contributed by atoms with van der Waals surface area (Å²) in [6, 6.07) is 0. The summed E-state index contributed by atoms with van der Waals surface area (Å²) in [4.78, 5) is 11.7. The fourth-order valence-electron chi connectivity index (χ4n) is 3.83. The molecular weight excluding hydrogens is 164 g/mol. The maximum absolute atomic E-state index is 11.7. The highest BCUT2D eigenvalue weighted by molar-refractivity contribution is 5.79. The van der Waals surface area contributed by atoms with E-state index in [4.69, 9.17) is 4.74 Å². The first kappa shape index (κ1) is 7.84. The molecule has 0 aromatic carbocycles. The highest BCUT2D eigenvalue weighted by Gasteiger charge is 2.60. The van der Waals surface area contributed by atoms with Crippen molar-refractivity contribution in [3.63, 3.8) is 0 Å². The predicted molar refractivity (Wildman–Crippen MR) is 48.0 cm³/mol. The molecule has 4 atom stereocenters. The molecule has 0 aromatic heterocycles. The number of ether oxygens (including phenoxy) is 1. The summed E-state index contributed by atoms with van der Waals surface area (Å²) in [5.41, 5.74) is -0.0167. The largest absolute Gasteiger partial charge is 0.465 e. The van der Waals surface area contributed by atoms with E-state index in [1.54, 1.807) is 0 Å². The normalized spacial score (nSPS) is 53.3. The molecule has 2 nitrogen and oxygen atoms in total. The summed E-state index contributed by atoms with van der Waals surface area (Å²) >= 11 is 0. The van der Waals surface area contributed by atoms with Gasteiger partial charge in [0.1, 0.15) is 0 Å². The van der Waals surface area contributed by atoms with Gasteiger partial charge in [0.25, 0.3) is 0 Å². The zero-order valence-electron chi connectivity index (χ0n) is 8.08. The van der Waals surface area contributed by atoms with Crippen molar-refractivity contribution >= 4 is 5.97 Å². The zero-order valence-corrected chi connectivity index (χ0v) is 8.08. The lowest BCUT2D eigenvalue weighted by molar-refractivity contribution is -0.149. The van der Waals surface area contributed by atoms with Crippen LogP contribution in [0.25, 0.3) is 0 Å². The van der Waals surface area contributed by atoms with Gasteiger partial charge in [-0.3, -0.25) is 4.79 Å². The summed E-state index contributed by atoms with van der Waals surface area (Å²) in [7, 11) is 0. The van der Waals surface area contributed by atoms with Crippen LogP contribution in [0.4, 0.5) is 0 Å². The van der Waals surface area contributed by atoms with Gasteiger partial charge in [0, 0.05) is 0 Å². The van der Waals surface area contributed by atoms with E-state index in [1.165, 1.54) is 12.8 Å². The molecule has 1 aliphatic heterocycles. The second kappa shape index (κ2) is 2.28. The second-order valence-corrected chi connectivity index (χ2v) is 5.15. The van der Waals surface area contributed by atoms with Gasteiger partial charge in [-0.2, -0.15) is 0 Å². The third kappa shape index (κ3) is 0.818. The Morgan fingerprint density at radius 1 is 1.46 bits per heavy atom. The van der Waals surface area contributed by atoms with Gasteiger partial charge >= 0.3 is 5.97 Å². The molecule has 13 heavy (non-hydrogen) atoms. The van der Waals surface area contributed by atoms with Gasteiger partial charge < -0.3 is 4.74 Å². The van der Waals surface area contributed by atoms with Gasteiger partial charge in [0.05, 0.1) is 12.0 Å². The van der Waals surface area contributed by atoms with Crippen LogP contribution >= 0.6 is 0 Å². The Morgan fingerprint density at radius 2 is 2.31 bits per heavy atom. The molecule has 3 aliphatic rings. The monoisotopic (exact) mass is 180 g/mol. The summed E-state index contributed by atoms with van der Waals surface area (Å²) in [6.07, 6.45) is 4.67. The molecule has 1 spiro atoms. The molecule has 0 radical (unpaired) electrons. The van der Waals surface area contributed by atoms with Crippen molar-refractivity contribution in [1.82, 2.24) is 0 Å². The van der Waals surface area contributed by atoms with Crippen LogP contribution in [0.5, 0.6) is 0 Å². The SMILES string of the molecule is C[C@@H]1CC2CC1CC21CCOC1=O. The molecule has 3 unspecified atom stereocenters. The number of carbonyl (C=O) groups excluding carboxylic acids is 1. The molecule has 3 fully saturated rings. The molecule has 1 heterocycles. The number of rotatable bonds is 0. The molecule has 0 N–H and O–H groups in total. The topological polar surface area (TPSA) is 26.3 Å². The first-order valence-electron chi connectivity index (χ1n) is 5.39. The fourth-order valence-corrected chi connectivity index (χ4v) is 3.83. The maximum atomic E-state index is 11.7. The third-order valence-corrected chi connectivity index (χ3v) is 4.64. The van der Waals surface area contributed by atoms with Gasteiger partial charge in [-0.05, 0) is 43.4 Å². The Kier molecular flexibility index (Phi) is 1.38. The highest BCUT2D eigenvalue weighted by Crippen LogP contribution is 2.61. The minimum atomic E-state index is -0.0167. The van der Waals surface area contributed by atoms with Gasteiger partial charge in [0.2, 0.25) is 0 Å². The van der Waals surface area contributed by atoms with Crippen molar-refractivity contribution in [2.45, 2.75) is 32.6 Å². The first-order chi connectivity index (χ1) is 6.22. The number of cyclic esters (lactones) is 1. The van der Waals surface area contributed by atoms with Crippen molar-refractivity contribution in [3.8, 4) is 0 Å². The quantitative estimate of drug-likeness (QED) is 0.533. The summed E-state index contributed by atoms with van der Waals surface area (Å²) in [5.74, 6) is 2.44. The smallest absolute Gasteiger partial charge is 0.312 e. The lowest BCUT2D eigenvalue weighted by Crippen LogP contribution is -2.34. The second-order valence-electron chi connectivity index (χ2n) is 5.15. The molecule has 2 aliphatic carbocycles. The van der Waals surface area contributed by atoms with E-state index in [0.717, 1.165) is 24.7 Å². The van der Waals surface area contributed by atoms with E-state index < -0.39 is 0 Å². The van der Waals surface area contributed by atoms with Gasteiger partial charge in [-0.1, -0.05) is 6.92 Å². The highest BCUT2D eigenvalue weighted by atomic mass is 16.5. The van der Waals surface area contributed by atoms with E-state index >= 15 is 0 Å². The van der Waals surface area contributed by atoms with Crippen molar-refractivity contribution in [3.05, 3.63) is 0 Å². The maximum Gasteiger partial charge on any atom is 0.312 e. The van der Waals surface area contributed by atoms with Crippen molar-refractivity contribution in [2.75, 3.05) is 6.61 Å². The molecule has 3 rings (SSSR count). The number of carbonyl (C=O) groups is 1. The van der Waals surface area contributed by atoms with Crippen molar-refractivity contribution in [2.24, 2.45) is 23.2 Å². The number of hydrogen-bond donors (Lipinski definition) is 0. The van der Waals surface area contributed by atoms with Crippen molar-refractivity contribution in [1.29, 1.82) is 0 Å². The van der Waals surface area contributed by atoms with E-state index in [9.17, 15) is 4.79 Å². The molecule has 0 amide bonds. The summed E-state index contributed by atoms with van der Waals surface area (Å²) < 4.78 is 5.14. The lowest BCUT2D eigenvalue weighted by atomic mass is 9.70. The van der Waals surface area contributed by atoms with E-state index in [1.807, 2.05) is 0 Å². The number of fused-ring (bicyclic) bond motifs is 3. The first-order valence-corrected chi connectivity index (χ1v) is 5.39. The predicted octanol–water partition coefficient (Wildman–Crippen LogP) is 1.99. The minimum absolute atomic E-state index is 0.0167. The summed E-state index contributed by atoms with van der Waals surface area (Å²) in [6.45, 7) is 3.01. The molecule has 2 heteroatoms. The van der Waals surface area contributed by atoms with Crippen LogP contribution in [0.1, 0.15) is 32.6 Å². The van der Waals surface area contributed by atoms with Crippen LogP contribution in [0.2, 0.25) is 0 Å². The average Bonchev–Trinajstić information content (AvgIpc) is 2.70. The van der Waals surface area contributed by atoms with E-state index in [2.05, 4.69) is 6.92 Å². The van der Waals surface area contributed by atoms with E-state index in [-0.39, 0.29) is 11.4 Å². The van der Waals surface area contributed by atoms with Gasteiger partial charge in [-0.15, -0.1) is 0 Å². The van der Waals surface area contributed by atoms with Crippen LogP contribution < -0.4 is 0 Å². The summed E-state index contributed by atoms with van der Waals surface area (Å²) in [5, 5.41) is 0. The van der Waals surface area contributed by atoms with Crippen LogP contribution in [-0.2, 0) is 9.53 Å². The molecule has 2 saturated carbocycles. The lowest BCUT2D eigenvalue weighted by Gasteiger charge is -2.31. The third-order valence-electron chi connectivity index (χ3n) is 4.64. The molecule has 72 valence electrons. The number of esters is 1. The molecule has 2 bridgehead atoms. The molecule has 0 aromatic rings. The average molecular weight is 180 g/mol. The van der Waals surface area contributed by atoms with Crippen LogP contribution in [0.3, 0.4) is 0 Å². The van der Waals surface area contributed by atoms with Crippen LogP contribution in [0.15, 0.2) is 0 Å². The molecular formula is C11H16O2. The molecule has 1 saturated heterocycles. The Balaban J connectivity index is 1.92. The zero-order chi connectivity index (χ0) is 9.05. The van der Waals surface area contributed by atoms with E-state index in [0.29, 0.717) is 12.5 Å². The Bertz CT molecular complexity index is 259. The van der Waals surface area contributed by atoms with Crippen molar-refractivity contribution < 1.29 is 9.53 Å². The minimum Gasteiger partial charge on any atom is -0.465 e. The Labute approximate surface area is 78.6 Å². The van der Waals surface area contributed by atoms with Crippen LogP contribution in [-0.4, -0.2) is 12.6 Å². The van der Waals surface area contributed by atoms with Gasteiger partial charge in [0.15, 0.2) is 0 Å². The van der Waals surface area contributed by atoms with Gasteiger partial charge in [-0.25, -0.2) is 0 Å².